The maximum absolute atomic E-state index is 12.7. The molecule has 29 heavy (non-hydrogen) atoms. The van der Waals surface area contributed by atoms with Gasteiger partial charge in [-0.05, 0) is 42.8 Å². The lowest BCUT2D eigenvalue weighted by Crippen LogP contribution is -2.53. The summed E-state index contributed by atoms with van der Waals surface area (Å²) in [6, 6.07) is 9.07. The summed E-state index contributed by atoms with van der Waals surface area (Å²) in [5, 5.41) is 10.8. The van der Waals surface area contributed by atoms with E-state index in [0.717, 1.165) is 4.90 Å². The van der Waals surface area contributed by atoms with E-state index in [9.17, 15) is 14.4 Å². The highest BCUT2D eigenvalue weighted by molar-refractivity contribution is 6.30. The molecule has 1 fully saturated rings. The van der Waals surface area contributed by atoms with E-state index in [1.165, 1.54) is 12.3 Å². The molecule has 1 saturated heterocycles. The van der Waals surface area contributed by atoms with E-state index < -0.39 is 17.8 Å². The largest absolute Gasteiger partial charge is 0.490 e. The van der Waals surface area contributed by atoms with E-state index in [1.54, 1.807) is 37.3 Å². The zero-order chi connectivity index (χ0) is 20.8. The Kier molecular flexibility index (Phi) is 5.94. The summed E-state index contributed by atoms with van der Waals surface area (Å²) in [6.07, 6.45) is 2.78. The molecule has 0 radical (unpaired) electrons. The SMILES string of the molecule is CCOc1cc(C=C2C(=O)NC(=O)N(Cc3ccco3)C2=O)ccc1OCC#N. The molecule has 9 heteroatoms. The maximum atomic E-state index is 12.7. The number of ether oxygens (including phenoxy) is 2. The van der Waals surface area contributed by atoms with Gasteiger partial charge in [-0.3, -0.25) is 19.8 Å². The Hall–Kier alpha value is -4.06. The fraction of sp³-hybridized carbons (Fsp3) is 0.200. The smallest absolute Gasteiger partial charge is 0.331 e. The number of nitriles is 1. The minimum atomic E-state index is -0.816. The highest BCUT2D eigenvalue weighted by Gasteiger charge is 2.36. The second-order valence-corrected chi connectivity index (χ2v) is 5.87. The van der Waals surface area contributed by atoms with E-state index >= 15 is 0 Å². The quantitative estimate of drug-likeness (QED) is 0.563. The van der Waals surface area contributed by atoms with Crippen LogP contribution in [0.25, 0.3) is 6.08 Å². The van der Waals surface area contributed by atoms with Crippen LogP contribution in [0, 0.1) is 11.3 Å². The van der Waals surface area contributed by atoms with E-state index in [4.69, 9.17) is 19.2 Å². The van der Waals surface area contributed by atoms with Gasteiger partial charge in [-0.1, -0.05) is 6.07 Å². The van der Waals surface area contributed by atoms with Gasteiger partial charge in [-0.15, -0.1) is 0 Å². The topological polar surface area (TPSA) is 122 Å². The lowest BCUT2D eigenvalue weighted by molar-refractivity contribution is -0.130. The van der Waals surface area contributed by atoms with Gasteiger partial charge in [0.15, 0.2) is 18.1 Å². The predicted octanol–water partition coefficient (Wildman–Crippen LogP) is 2.24. The van der Waals surface area contributed by atoms with Gasteiger partial charge in [0.2, 0.25) is 0 Å². The molecule has 3 rings (SSSR count). The monoisotopic (exact) mass is 395 g/mol. The number of hydrogen-bond acceptors (Lipinski definition) is 7. The van der Waals surface area contributed by atoms with Crippen molar-refractivity contribution in [2.45, 2.75) is 13.5 Å². The first-order valence-electron chi connectivity index (χ1n) is 8.71. The average molecular weight is 395 g/mol. The van der Waals surface area contributed by atoms with Crippen LogP contribution >= 0.6 is 0 Å². The number of imide groups is 2. The van der Waals surface area contributed by atoms with Gasteiger partial charge in [-0.25, -0.2) is 4.79 Å². The van der Waals surface area contributed by atoms with Crippen LogP contribution < -0.4 is 14.8 Å². The van der Waals surface area contributed by atoms with Crippen molar-refractivity contribution >= 4 is 23.9 Å². The summed E-state index contributed by atoms with van der Waals surface area (Å²) in [4.78, 5) is 37.9. The number of benzene rings is 1. The second-order valence-electron chi connectivity index (χ2n) is 5.87. The van der Waals surface area contributed by atoms with E-state index in [2.05, 4.69) is 5.32 Å². The molecule has 1 aliphatic rings. The van der Waals surface area contributed by atoms with E-state index in [1.807, 2.05) is 6.07 Å². The van der Waals surface area contributed by atoms with Gasteiger partial charge in [0, 0.05) is 0 Å². The first-order chi connectivity index (χ1) is 14.0. The van der Waals surface area contributed by atoms with Crippen LogP contribution in [-0.4, -0.2) is 36.0 Å². The Morgan fingerprint density at radius 3 is 2.72 bits per heavy atom. The number of nitrogens with one attached hydrogen (secondary N) is 1. The predicted molar refractivity (Wildman–Crippen MR) is 99.5 cm³/mol. The van der Waals surface area contributed by atoms with Gasteiger partial charge in [0.05, 0.1) is 19.4 Å². The molecular weight excluding hydrogens is 378 g/mol. The highest BCUT2D eigenvalue weighted by atomic mass is 16.5. The summed E-state index contributed by atoms with van der Waals surface area (Å²) in [6.45, 7) is 1.89. The molecule has 0 saturated carbocycles. The Balaban J connectivity index is 1.90. The van der Waals surface area contributed by atoms with Crippen LogP contribution in [0.1, 0.15) is 18.2 Å². The minimum Gasteiger partial charge on any atom is -0.490 e. The van der Waals surface area contributed by atoms with Gasteiger partial charge in [-0.2, -0.15) is 5.26 Å². The molecule has 0 spiro atoms. The molecule has 4 amide bonds. The number of barbiturate groups is 1. The molecule has 2 aromatic rings. The fourth-order valence-corrected chi connectivity index (χ4v) is 2.67. The molecule has 148 valence electrons. The third-order valence-electron chi connectivity index (χ3n) is 3.95. The van der Waals surface area contributed by atoms with Crippen molar-refractivity contribution in [2.24, 2.45) is 0 Å². The molecule has 0 aliphatic carbocycles. The van der Waals surface area contributed by atoms with Crippen molar-refractivity contribution in [3.63, 3.8) is 0 Å². The molecule has 0 atom stereocenters. The number of furan rings is 1. The van der Waals surface area contributed by atoms with Gasteiger partial charge < -0.3 is 13.9 Å². The van der Waals surface area contributed by atoms with Crippen LogP contribution in [0.3, 0.4) is 0 Å². The first-order valence-corrected chi connectivity index (χ1v) is 8.71. The third kappa shape index (κ3) is 4.44. The number of carbonyl (C=O) groups excluding carboxylic acids is 3. The summed E-state index contributed by atoms with van der Waals surface area (Å²) in [7, 11) is 0. The average Bonchev–Trinajstić information content (AvgIpc) is 3.21. The molecular formula is C20H17N3O6. The van der Waals surface area contributed by atoms with Gasteiger partial charge >= 0.3 is 6.03 Å². The number of carbonyl (C=O) groups is 3. The number of hydrogen-bond donors (Lipinski definition) is 1. The van der Waals surface area contributed by atoms with Crippen molar-refractivity contribution in [1.82, 2.24) is 10.2 Å². The number of rotatable bonds is 7. The van der Waals surface area contributed by atoms with Crippen molar-refractivity contribution < 1.29 is 28.3 Å². The van der Waals surface area contributed by atoms with Crippen molar-refractivity contribution in [3.8, 4) is 17.6 Å². The number of amides is 4. The normalized spacial score (nSPS) is 15.2. The van der Waals surface area contributed by atoms with Crippen LogP contribution in [0.2, 0.25) is 0 Å². The molecule has 0 unspecified atom stereocenters. The minimum absolute atomic E-state index is 0.104. The van der Waals surface area contributed by atoms with Crippen LogP contribution in [0.5, 0.6) is 11.5 Å². The summed E-state index contributed by atoms with van der Waals surface area (Å²) in [5.74, 6) is -0.398. The molecule has 1 aromatic heterocycles. The zero-order valence-electron chi connectivity index (χ0n) is 15.5. The van der Waals surface area contributed by atoms with Crippen molar-refractivity contribution in [3.05, 3.63) is 53.5 Å². The molecule has 9 nitrogen and oxygen atoms in total. The van der Waals surface area contributed by atoms with Crippen LogP contribution in [-0.2, 0) is 16.1 Å². The Morgan fingerprint density at radius 2 is 2.03 bits per heavy atom. The zero-order valence-corrected chi connectivity index (χ0v) is 15.5. The highest BCUT2D eigenvalue weighted by Crippen LogP contribution is 2.30. The van der Waals surface area contributed by atoms with Crippen LogP contribution in [0.4, 0.5) is 4.79 Å². The number of urea groups is 1. The lowest BCUT2D eigenvalue weighted by Gasteiger charge is -2.25. The van der Waals surface area contributed by atoms with Gasteiger partial charge in [0.1, 0.15) is 17.4 Å². The fourth-order valence-electron chi connectivity index (χ4n) is 2.67. The van der Waals surface area contributed by atoms with E-state index in [-0.39, 0.29) is 18.7 Å². The molecule has 1 N–H and O–H groups in total. The summed E-state index contributed by atoms with van der Waals surface area (Å²) >= 11 is 0. The van der Waals surface area contributed by atoms with Crippen molar-refractivity contribution in [2.75, 3.05) is 13.2 Å². The second kappa shape index (κ2) is 8.75. The van der Waals surface area contributed by atoms with E-state index in [0.29, 0.717) is 29.4 Å². The third-order valence-corrected chi connectivity index (χ3v) is 3.95. The Morgan fingerprint density at radius 1 is 1.21 bits per heavy atom. The molecule has 1 aromatic carbocycles. The standard InChI is InChI=1S/C20H17N3O6/c1-2-27-17-11-13(5-6-16(17)29-9-7-21)10-15-18(24)22-20(26)23(19(15)25)12-14-4-3-8-28-14/h3-6,8,10-11H,2,9,12H2,1H3,(H,22,24,26). The molecule has 1 aliphatic heterocycles. The molecule has 2 heterocycles. The Bertz CT molecular complexity index is 1000. The Labute approximate surface area is 166 Å². The lowest BCUT2D eigenvalue weighted by atomic mass is 10.1. The summed E-state index contributed by atoms with van der Waals surface area (Å²) < 4.78 is 16.0. The summed E-state index contributed by atoms with van der Waals surface area (Å²) in [5.41, 5.74) is 0.285. The first kappa shape index (κ1) is 19.7. The maximum Gasteiger partial charge on any atom is 0.331 e. The van der Waals surface area contributed by atoms with Crippen LogP contribution in [0.15, 0.2) is 46.6 Å². The van der Waals surface area contributed by atoms with Gasteiger partial charge in [0.25, 0.3) is 11.8 Å². The van der Waals surface area contributed by atoms with Crippen molar-refractivity contribution in [1.29, 1.82) is 5.26 Å². The molecule has 0 bridgehead atoms. The number of nitrogens with zero attached hydrogens (tertiary/aromatic N) is 2.